The van der Waals surface area contributed by atoms with Crippen molar-refractivity contribution < 1.29 is 14.4 Å². The summed E-state index contributed by atoms with van der Waals surface area (Å²) in [5.74, 6) is 0.824. The van der Waals surface area contributed by atoms with E-state index in [1.54, 1.807) is 12.1 Å². The lowest BCUT2D eigenvalue weighted by atomic mass is 10.1. The van der Waals surface area contributed by atoms with Crippen LogP contribution in [0.15, 0.2) is 48.5 Å². The van der Waals surface area contributed by atoms with Gasteiger partial charge in [-0.2, -0.15) is 0 Å². The Balaban J connectivity index is 1.60. The molecule has 0 atom stereocenters. The maximum Gasteiger partial charge on any atom is 0.311 e. The van der Waals surface area contributed by atoms with E-state index in [-0.39, 0.29) is 11.4 Å². The van der Waals surface area contributed by atoms with Crippen LogP contribution in [0.5, 0.6) is 11.5 Å². The molecule has 1 saturated heterocycles. The summed E-state index contributed by atoms with van der Waals surface area (Å²) < 4.78 is 11.5. The molecule has 0 aliphatic carbocycles. The average Bonchev–Trinajstić information content (AvgIpc) is 2.68. The van der Waals surface area contributed by atoms with E-state index >= 15 is 0 Å². The van der Waals surface area contributed by atoms with E-state index in [9.17, 15) is 10.1 Å². The van der Waals surface area contributed by atoms with Gasteiger partial charge in [0.1, 0.15) is 19.0 Å². The van der Waals surface area contributed by atoms with Crippen LogP contribution in [0.2, 0.25) is 0 Å². The fraction of sp³-hybridized carbons (Fsp3) is 0.400. The number of ether oxygens (including phenoxy) is 2. The molecular formula is C20H24N2O4. The maximum atomic E-state index is 11.3. The first-order chi connectivity index (χ1) is 12.7. The molecule has 0 unspecified atom stereocenters. The number of nitro groups is 1. The van der Waals surface area contributed by atoms with E-state index in [0.29, 0.717) is 19.0 Å². The van der Waals surface area contributed by atoms with Crippen LogP contribution >= 0.6 is 0 Å². The number of rotatable bonds is 8. The first kappa shape index (κ1) is 18.2. The van der Waals surface area contributed by atoms with E-state index in [4.69, 9.17) is 9.47 Å². The molecule has 1 aliphatic heterocycles. The molecule has 0 N–H and O–H groups in total. The van der Waals surface area contributed by atoms with Crippen molar-refractivity contribution in [2.24, 2.45) is 0 Å². The van der Waals surface area contributed by atoms with Gasteiger partial charge in [-0.15, -0.1) is 0 Å². The minimum Gasteiger partial charge on any atom is -0.489 e. The third kappa shape index (κ3) is 5.20. The highest BCUT2D eigenvalue weighted by molar-refractivity contribution is 5.50. The van der Waals surface area contributed by atoms with Gasteiger partial charge in [0.25, 0.3) is 0 Å². The van der Waals surface area contributed by atoms with Gasteiger partial charge in [0.05, 0.1) is 4.92 Å². The predicted octanol–water partition coefficient (Wildman–Crippen LogP) is 4.04. The summed E-state index contributed by atoms with van der Waals surface area (Å²) in [5, 5.41) is 11.3. The fourth-order valence-corrected chi connectivity index (χ4v) is 3.06. The zero-order valence-corrected chi connectivity index (χ0v) is 14.8. The van der Waals surface area contributed by atoms with Crippen molar-refractivity contribution in [1.82, 2.24) is 4.90 Å². The van der Waals surface area contributed by atoms with Crippen LogP contribution < -0.4 is 9.47 Å². The van der Waals surface area contributed by atoms with Gasteiger partial charge in [0, 0.05) is 18.7 Å². The summed E-state index contributed by atoms with van der Waals surface area (Å²) in [6, 6.07) is 14.5. The van der Waals surface area contributed by atoms with Crippen molar-refractivity contribution in [3.63, 3.8) is 0 Å². The highest BCUT2D eigenvalue weighted by Gasteiger charge is 2.17. The number of hydrogen-bond donors (Lipinski definition) is 0. The van der Waals surface area contributed by atoms with Gasteiger partial charge in [-0.3, -0.25) is 15.0 Å². The highest BCUT2D eigenvalue weighted by atomic mass is 16.6. The van der Waals surface area contributed by atoms with Gasteiger partial charge in [0.2, 0.25) is 5.75 Å². The van der Waals surface area contributed by atoms with E-state index in [1.165, 1.54) is 25.3 Å². The molecule has 0 spiro atoms. The Labute approximate surface area is 153 Å². The zero-order chi connectivity index (χ0) is 18.2. The van der Waals surface area contributed by atoms with Crippen molar-refractivity contribution >= 4 is 5.69 Å². The second-order valence-corrected chi connectivity index (χ2v) is 6.41. The molecule has 0 aromatic heterocycles. The fourth-order valence-electron chi connectivity index (χ4n) is 3.06. The molecule has 1 fully saturated rings. The topological polar surface area (TPSA) is 64.8 Å². The molecule has 2 aromatic carbocycles. The van der Waals surface area contributed by atoms with Crippen LogP contribution in [0.4, 0.5) is 5.69 Å². The molecule has 0 radical (unpaired) electrons. The third-order valence-corrected chi connectivity index (χ3v) is 4.49. The van der Waals surface area contributed by atoms with Gasteiger partial charge in [-0.1, -0.05) is 36.8 Å². The number of piperidine rings is 1. The predicted molar refractivity (Wildman–Crippen MR) is 99.7 cm³/mol. The number of likely N-dealkylation sites (tertiary alicyclic amines) is 1. The van der Waals surface area contributed by atoms with E-state index in [1.807, 2.05) is 30.3 Å². The van der Waals surface area contributed by atoms with Crippen LogP contribution in [-0.4, -0.2) is 36.1 Å². The minimum atomic E-state index is -0.419. The Morgan fingerprint density at radius 1 is 1.00 bits per heavy atom. The summed E-state index contributed by atoms with van der Waals surface area (Å²) in [7, 11) is 0. The second-order valence-electron chi connectivity index (χ2n) is 6.41. The molecule has 2 aromatic rings. The van der Waals surface area contributed by atoms with Gasteiger partial charge >= 0.3 is 5.69 Å². The molecule has 0 amide bonds. The van der Waals surface area contributed by atoms with Crippen LogP contribution in [0, 0.1) is 10.1 Å². The Kier molecular flexibility index (Phi) is 6.44. The third-order valence-electron chi connectivity index (χ3n) is 4.49. The summed E-state index contributed by atoms with van der Waals surface area (Å²) in [5.41, 5.74) is 1.01. The lowest BCUT2D eigenvalue weighted by molar-refractivity contribution is -0.385. The molecule has 0 saturated carbocycles. The van der Waals surface area contributed by atoms with Gasteiger partial charge in [0.15, 0.2) is 0 Å². The summed E-state index contributed by atoms with van der Waals surface area (Å²) in [6.45, 7) is 3.78. The van der Waals surface area contributed by atoms with E-state index < -0.39 is 4.92 Å². The van der Waals surface area contributed by atoms with E-state index in [0.717, 1.165) is 25.2 Å². The van der Waals surface area contributed by atoms with Crippen molar-refractivity contribution in [2.45, 2.75) is 25.9 Å². The molecule has 26 heavy (non-hydrogen) atoms. The Hall–Kier alpha value is -2.60. The first-order valence-corrected chi connectivity index (χ1v) is 9.03. The number of nitro benzene ring substituents is 1. The number of benzene rings is 2. The van der Waals surface area contributed by atoms with Crippen molar-refractivity contribution in [3.8, 4) is 11.5 Å². The zero-order valence-electron chi connectivity index (χ0n) is 14.8. The monoisotopic (exact) mass is 356 g/mol. The molecule has 1 heterocycles. The van der Waals surface area contributed by atoms with Crippen molar-refractivity contribution in [2.75, 3.05) is 26.2 Å². The van der Waals surface area contributed by atoms with Crippen LogP contribution in [0.3, 0.4) is 0 Å². The lowest BCUT2D eigenvalue weighted by Gasteiger charge is -2.26. The second kappa shape index (κ2) is 9.20. The molecule has 0 bridgehead atoms. The van der Waals surface area contributed by atoms with Crippen molar-refractivity contribution in [1.29, 1.82) is 0 Å². The number of hydrogen-bond acceptors (Lipinski definition) is 5. The summed E-state index contributed by atoms with van der Waals surface area (Å²) >= 11 is 0. The van der Waals surface area contributed by atoms with Gasteiger partial charge in [-0.25, -0.2) is 0 Å². The largest absolute Gasteiger partial charge is 0.489 e. The first-order valence-electron chi connectivity index (χ1n) is 9.03. The maximum absolute atomic E-state index is 11.3. The average molecular weight is 356 g/mol. The molecule has 1 aliphatic rings. The normalized spacial score (nSPS) is 14.8. The molecule has 3 rings (SSSR count). The SMILES string of the molecule is O=[N+]([O-])c1ccc(OCc2ccccc2)cc1OCCN1CCCCC1. The van der Waals surface area contributed by atoms with Crippen LogP contribution in [0.1, 0.15) is 24.8 Å². The van der Waals surface area contributed by atoms with Crippen LogP contribution in [0.25, 0.3) is 0 Å². The smallest absolute Gasteiger partial charge is 0.311 e. The quantitative estimate of drug-likeness (QED) is 0.528. The van der Waals surface area contributed by atoms with Crippen molar-refractivity contribution in [3.05, 3.63) is 64.2 Å². The Morgan fingerprint density at radius 2 is 1.77 bits per heavy atom. The Bertz CT molecular complexity index is 715. The summed E-state index contributed by atoms with van der Waals surface area (Å²) in [4.78, 5) is 13.2. The lowest BCUT2D eigenvalue weighted by Crippen LogP contribution is -2.33. The molecular weight excluding hydrogens is 332 g/mol. The van der Waals surface area contributed by atoms with Gasteiger partial charge in [-0.05, 0) is 37.6 Å². The van der Waals surface area contributed by atoms with E-state index in [2.05, 4.69) is 4.90 Å². The standard InChI is InChI=1S/C20H24N2O4/c23-22(24)19-10-9-18(26-16-17-7-3-1-4-8-17)15-20(19)25-14-13-21-11-5-2-6-12-21/h1,3-4,7-10,15H,2,5-6,11-14,16H2. The minimum absolute atomic E-state index is 0.0318. The molecule has 6 nitrogen and oxygen atoms in total. The Morgan fingerprint density at radius 3 is 2.50 bits per heavy atom. The van der Waals surface area contributed by atoms with Crippen LogP contribution in [-0.2, 0) is 6.61 Å². The molecule has 6 heteroatoms. The number of nitrogens with zero attached hydrogens (tertiary/aromatic N) is 2. The summed E-state index contributed by atoms with van der Waals surface area (Å²) in [6.07, 6.45) is 3.70. The van der Waals surface area contributed by atoms with Gasteiger partial charge < -0.3 is 9.47 Å². The molecule has 138 valence electrons. The highest BCUT2D eigenvalue weighted by Crippen LogP contribution is 2.31.